The summed E-state index contributed by atoms with van der Waals surface area (Å²) >= 11 is 0. The zero-order valence-electron chi connectivity index (χ0n) is 11.4. The van der Waals surface area contributed by atoms with Crippen molar-refractivity contribution in [1.82, 2.24) is 19.1 Å². The highest BCUT2D eigenvalue weighted by Gasteiger charge is 2.18. The summed E-state index contributed by atoms with van der Waals surface area (Å²) in [4.78, 5) is 31.8. The molecular formula is C12H19N5O2. The molecule has 2 rings (SSSR count). The Hall–Kier alpha value is -1.89. The summed E-state index contributed by atoms with van der Waals surface area (Å²) in [6.07, 6.45) is 0.780. The second kappa shape index (κ2) is 5.00. The monoisotopic (exact) mass is 265 g/mol. The Balaban J connectivity index is 2.95. The van der Waals surface area contributed by atoms with Gasteiger partial charge in [0.1, 0.15) is 11.3 Å². The van der Waals surface area contributed by atoms with E-state index in [1.54, 1.807) is 11.5 Å². The lowest BCUT2D eigenvalue weighted by Crippen LogP contribution is -2.40. The van der Waals surface area contributed by atoms with E-state index in [1.165, 1.54) is 4.57 Å². The molecule has 1 unspecified atom stereocenters. The highest BCUT2D eigenvalue weighted by Crippen LogP contribution is 2.13. The van der Waals surface area contributed by atoms with Crippen LogP contribution in [0.3, 0.4) is 0 Å². The SMILES string of the molecule is CCC(C)n1c(=O)n(CC)c(=O)c2[nH]c(CN)nc21. The average Bonchev–Trinajstić information content (AvgIpc) is 2.83. The first-order chi connectivity index (χ1) is 9.04. The second-order valence-corrected chi connectivity index (χ2v) is 4.55. The van der Waals surface area contributed by atoms with E-state index in [0.29, 0.717) is 23.5 Å². The van der Waals surface area contributed by atoms with Gasteiger partial charge in [0.2, 0.25) is 0 Å². The second-order valence-electron chi connectivity index (χ2n) is 4.55. The fourth-order valence-corrected chi connectivity index (χ4v) is 2.13. The minimum Gasteiger partial charge on any atom is -0.335 e. The number of rotatable bonds is 4. The van der Waals surface area contributed by atoms with Gasteiger partial charge in [-0.3, -0.25) is 13.9 Å². The summed E-state index contributed by atoms with van der Waals surface area (Å²) in [7, 11) is 0. The molecule has 1 atom stereocenters. The predicted octanol–water partition coefficient (Wildman–Crippen LogP) is 0.336. The highest BCUT2D eigenvalue weighted by atomic mass is 16.2. The molecule has 0 radical (unpaired) electrons. The van der Waals surface area contributed by atoms with Crippen LogP contribution < -0.4 is 17.0 Å². The van der Waals surface area contributed by atoms with Crippen LogP contribution in [0.15, 0.2) is 9.59 Å². The van der Waals surface area contributed by atoms with Crippen molar-refractivity contribution in [1.29, 1.82) is 0 Å². The molecule has 0 saturated carbocycles. The molecule has 0 saturated heterocycles. The largest absolute Gasteiger partial charge is 0.335 e. The molecule has 0 fully saturated rings. The standard InChI is InChI=1S/C12H19N5O2/c1-4-7(3)17-10-9(14-8(6-13)15-10)11(18)16(5-2)12(17)19/h7H,4-6,13H2,1-3H3,(H,14,15). The van der Waals surface area contributed by atoms with Gasteiger partial charge in [-0.2, -0.15) is 0 Å². The number of nitrogens with two attached hydrogens (primary N) is 1. The lowest BCUT2D eigenvalue weighted by molar-refractivity contribution is 0.489. The number of H-pyrrole nitrogens is 1. The van der Waals surface area contributed by atoms with Gasteiger partial charge in [-0.05, 0) is 20.3 Å². The molecule has 0 aliphatic heterocycles. The van der Waals surface area contributed by atoms with Crippen molar-refractivity contribution in [3.63, 3.8) is 0 Å². The van der Waals surface area contributed by atoms with E-state index in [2.05, 4.69) is 9.97 Å². The number of aromatic amines is 1. The number of hydrogen-bond donors (Lipinski definition) is 2. The van der Waals surface area contributed by atoms with Gasteiger partial charge in [-0.1, -0.05) is 6.92 Å². The summed E-state index contributed by atoms with van der Waals surface area (Å²) in [5, 5.41) is 0. The molecule has 0 aromatic carbocycles. The van der Waals surface area contributed by atoms with Gasteiger partial charge in [0, 0.05) is 12.6 Å². The van der Waals surface area contributed by atoms with E-state index in [9.17, 15) is 9.59 Å². The Morgan fingerprint density at radius 3 is 2.58 bits per heavy atom. The van der Waals surface area contributed by atoms with Gasteiger partial charge in [-0.15, -0.1) is 0 Å². The molecular weight excluding hydrogens is 246 g/mol. The number of imidazole rings is 1. The summed E-state index contributed by atoms with van der Waals surface area (Å²) in [5.41, 5.74) is 5.63. The smallest absolute Gasteiger partial charge is 0.332 e. The Morgan fingerprint density at radius 2 is 2.05 bits per heavy atom. The Bertz CT molecular complexity index is 709. The molecule has 0 amide bonds. The van der Waals surface area contributed by atoms with Gasteiger partial charge in [0.25, 0.3) is 5.56 Å². The zero-order valence-corrected chi connectivity index (χ0v) is 11.4. The minimum absolute atomic E-state index is 0.0256. The molecule has 104 valence electrons. The molecule has 7 heteroatoms. The molecule has 0 spiro atoms. The van der Waals surface area contributed by atoms with Gasteiger partial charge in [-0.25, -0.2) is 9.78 Å². The molecule has 3 N–H and O–H groups in total. The van der Waals surface area contributed by atoms with E-state index in [0.717, 1.165) is 6.42 Å². The average molecular weight is 265 g/mol. The first kappa shape index (κ1) is 13.5. The van der Waals surface area contributed by atoms with E-state index in [4.69, 9.17) is 5.73 Å². The van der Waals surface area contributed by atoms with Gasteiger partial charge < -0.3 is 10.7 Å². The number of nitrogens with zero attached hydrogens (tertiary/aromatic N) is 3. The fourth-order valence-electron chi connectivity index (χ4n) is 2.13. The van der Waals surface area contributed by atoms with E-state index < -0.39 is 0 Å². The van der Waals surface area contributed by atoms with E-state index in [1.807, 2.05) is 13.8 Å². The Morgan fingerprint density at radius 1 is 1.37 bits per heavy atom. The number of aromatic nitrogens is 4. The van der Waals surface area contributed by atoms with Crippen molar-refractivity contribution in [3.8, 4) is 0 Å². The molecule has 2 aromatic heterocycles. The molecule has 2 heterocycles. The first-order valence-electron chi connectivity index (χ1n) is 6.49. The molecule has 2 aromatic rings. The molecule has 7 nitrogen and oxygen atoms in total. The van der Waals surface area contributed by atoms with Crippen LogP contribution in [0.1, 0.15) is 39.1 Å². The maximum Gasteiger partial charge on any atom is 0.332 e. The van der Waals surface area contributed by atoms with Crippen LogP contribution in [0.5, 0.6) is 0 Å². The van der Waals surface area contributed by atoms with Crippen molar-refractivity contribution in [2.45, 2.75) is 46.3 Å². The normalized spacial score (nSPS) is 13.1. The first-order valence-corrected chi connectivity index (χ1v) is 6.49. The van der Waals surface area contributed by atoms with Crippen molar-refractivity contribution >= 4 is 11.2 Å². The maximum absolute atomic E-state index is 12.4. The van der Waals surface area contributed by atoms with Crippen molar-refractivity contribution in [2.75, 3.05) is 0 Å². The van der Waals surface area contributed by atoms with E-state index in [-0.39, 0.29) is 23.8 Å². The number of hydrogen-bond acceptors (Lipinski definition) is 4. The lowest BCUT2D eigenvalue weighted by atomic mass is 10.2. The van der Waals surface area contributed by atoms with Crippen LogP contribution >= 0.6 is 0 Å². The van der Waals surface area contributed by atoms with Crippen molar-refractivity contribution < 1.29 is 0 Å². The topological polar surface area (TPSA) is 98.7 Å². The van der Waals surface area contributed by atoms with Crippen LogP contribution in [0.2, 0.25) is 0 Å². The zero-order chi connectivity index (χ0) is 14.2. The highest BCUT2D eigenvalue weighted by molar-refractivity contribution is 5.70. The van der Waals surface area contributed by atoms with Gasteiger partial charge >= 0.3 is 5.69 Å². The van der Waals surface area contributed by atoms with Crippen molar-refractivity contribution in [3.05, 3.63) is 26.7 Å². The molecule has 0 bridgehead atoms. The Kier molecular flexibility index (Phi) is 3.57. The van der Waals surface area contributed by atoms with E-state index >= 15 is 0 Å². The van der Waals surface area contributed by atoms with Crippen LogP contribution in [0.25, 0.3) is 11.2 Å². The summed E-state index contributed by atoms with van der Waals surface area (Å²) in [5.74, 6) is 0.511. The third kappa shape index (κ3) is 1.99. The summed E-state index contributed by atoms with van der Waals surface area (Å²) in [6.45, 7) is 6.23. The number of fused-ring (bicyclic) bond motifs is 1. The molecule has 0 aliphatic rings. The fraction of sp³-hybridized carbons (Fsp3) is 0.583. The lowest BCUT2D eigenvalue weighted by Gasteiger charge is -2.15. The van der Waals surface area contributed by atoms with Crippen LogP contribution in [-0.4, -0.2) is 19.1 Å². The predicted molar refractivity (Wildman–Crippen MR) is 73.2 cm³/mol. The van der Waals surface area contributed by atoms with Crippen LogP contribution in [-0.2, 0) is 13.1 Å². The quantitative estimate of drug-likeness (QED) is 0.832. The molecule has 0 aliphatic carbocycles. The number of nitrogens with one attached hydrogen (secondary N) is 1. The molecule has 19 heavy (non-hydrogen) atoms. The van der Waals surface area contributed by atoms with Gasteiger partial charge in [0.05, 0.1) is 6.54 Å². The van der Waals surface area contributed by atoms with Crippen LogP contribution in [0.4, 0.5) is 0 Å². The van der Waals surface area contributed by atoms with Crippen LogP contribution in [0, 0.1) is 0 Å². The van der Waals surface area contributed by atoms with Crippen molar-refractivity contribution in [2.24, 2.45) is 5.73 Å². The Labute approximate surface area is 110 Å². The summed E-state index contributed by atoms with van der Waals surface area (Å²) in [6, 6.07) is -0.0256. The minimum atomic E-state index is -0.339. The third-order valence-corrected chi connectivity index (χ3v) is 3.40. The third-order valence-electron chi connectivity index (χ3n) is 3.40. The maximum atomic E-state index is 12.4. The summed E-state index contributed by atoms with van der Waals surface area (Å²) < 4.78 is 2.78. The van der Waals surface area contributed by atoms with Gasteiger partial charge in [0.15, 0.2) is 5.65 Å².